The third kappa shape index (κ3) is 2.82. The first-order valence-electron chi connectivity index (χ1n) is 5.25. The Balaban J connectivity index is 2.57. The molecule has 0 aliphatic carbocycles. The van der Waals surface area contributed by atoms with Gasteiger partial charge in [-0.2, -0.15) is 0 Å². The summed E-state index contributed by atoms with van der Waals surface area (Å²) in [4.78, 5) is 24.2. The minimum Gasteiger partial charge on any atom is -0.447 e. The van der Waals surface area contributed by atoms with Gasteiger partial charge < -0.3 is 9.47 Å². The van der Waals surface area contributed by atoms with E-state index in [1.807, 2.05) is 13.8 Å². The molecule has 5 heteroatoms. The molecule has 0 N–H and O–H groups in total. The largest absolute Gasteiger partial charge is 0.447 e. The van der Waals surface area contributed by atoms with Gasteiger partial charge >= 0.3 is 6.09 Å². The molecule has 0 aromatic heterocycles. The molecular weight excluding hydrogens is 210 g/mol. The lowest BCUT2D eigenvalue weighted by Gasteiger charge is -2.22. The van der Waals surface area contributed by atoms with Gasteiger partial charge in [0.25, 0.3) is 5.91 Å². The Kier molecular flexibility index (Phi) is 4.49. The molecule has 90 valence electrons. The molecule has 0 bridgehead atoms. The predicted molar refractivity (Wildman–Crippen MR) is 57.8 cm³/mol. The Morgan fingerprint density at radius 1 is 1.75 bits per heavy atom. The maximum atomic E-state index is 11.7. The Hall–Kier alpha value is -1.36. The highest BCUT2D eigenvalue weighted by atomic mass is 16.6. The van der Waals surface area contributed by atoms with Gasteiger partial charge in [0.15, 0.2) is 0 Å². The molecular formula is C11H17NO4. The van der Waals surface area contributed by atoms with Gasteiger partial charge in [0.1, 0.15) is 13.2 Å². The first-order valence-corrected chi connectivity index (χ1v) is 5.25. The van der Waals surface area contributed by atoms with E-state index in [9.17, 15) is 9.59 Å². The molecule has 1 atom stereocenters. The first kappa shape index (κ1) is 12.7. The van der Waals surface area contributed by atoms with Crippen molar-refractivity contribution < 1.29 is 19.1 Å². The summed E-state index contributed by atoms with van der Waals surface area (Å²) in [5, 5.41) is 0. The number of hydrogen-bond donors (Lipinski definition) is 0. The molecule has 1 fully saturated rings. The van der Waals surface area contributed by atoms with Gasteiger partial charge in [0.2, 0.25) is 0 Å². The van der Waals surface area contributed by atoms with Crippen LogP contribution in [-0.2, 0) is 14.3 Å². The Bertz CT molecular complexity index is 288. The van der Waals surface area contributed by atoms with Crippen LogP contribution in [0.25, 0.3) is 0 Å². The van der Waals surface area contributed by atoms with Crippen molar-refractivity contribution in [3.63, 3.8) is 0 Å². The highest BCUT2D eigenvalue weighted by Gasteiger charge is 2.39. The quantitative estimate of drug-likeness (QED) is 0.523. The van der Waals surface area contributed by atoms with E-state index in [4.69, 9.17) is 9.47 Å². The molecule has 1 rings (SSSR count). The second kappa shape index (κ2) is 5.65. The van der Waals surface area contributed by atoms with Crippen LogP contribution in [0.15, 0.2) is 12.7 Å². The third-order valence-electron chi connectivity index (χ3n) is 2.41. The zero-order valence-corrected chi connectivity index (χ0v) is 9.64. The summed E-state index contributed by atoms with van der Waals surface area (Å²) in [7, 11) is 0. The molecule has 2 amide bonds. The minimum absolute atomic E-state index is 0.121. The van der Waals surface area contributed by atoms with Crippen LogP contribution in [-0.4, -0.2) is 42.8 Å². The summed E-state index contributed by atoms with van der Waals surface area (Å²) in [6.07, 6.45) is 0.973. The first-order chi connectivity index (χ1) is 7.57. The van der Waals surface area contributed by atoms with Crippen LogP contribution < -0.4 is 0 Å². The fourth-order valence-electron chi connectivity index (χ4n) is 1.51. The third-order valence-corrected chi connectivity index (χ3v) is 2.41. The lowest BCUT2D eigenvalue weighted by atomic mass is 10.0. The summed E-state index contributed by atoms with van der Waals surface area (Å²) in [6.45, 7) is 7.80. The van der Waals surface area contributed by atoms with E-state index in [1.165, 1.54) is 0 Å². The van der Waals surface area contributed by atoms with Crippen molar-refractivity contribution in [1.29, 1.82) is 0 Å². The standard InChI is InChI=1S/C11H17NO4/c1-4-5-15-7-10(13)12-9(8(2)3)6-16-11(12)14/h4,8-9H,1,5-7H2,2-3H3/t9-/m0/s1. The molecule has 1 saturated heterocycles. The lowest BCUT2D eigenvalue weighted by molar-refractivity contribution is -0.134. The normalized spacial score (nSPS) is 20.1. The van der Waals surface area contributed by atoms with Crippen molar-refractivity contribution >= 4 is 12.0 Å². The van der Waals surface area contributed by atoms with Crippen LogP contribution in [0.3, 0.4) is 0 Å². The number of carbonyl (C=O) groups excluding carboxylic acids is 2. The van der Waals surface area contributed by atoms with E-state index < -0.39 is 6.09 Å². The molecule has 1 aliphatic rings. The fraction of sp³-hybridized carbons (Fsp3) is 0.636. The number of ether oxygens (including phenoxy) is 2. The number of carbonyl (C=O) groups is 2. The number of hydrogen-bond acceptors (Lipinski definition) is 4. The summed E-state index contributed by atoms with van der Waals surface area (Å²) in [6, 6.07) is -0.188. The molecule has 0 unspecified atom stereocenters. The number of nitrogens with zero attached hydrogens (tertiary/aromatic N) is 1. The zero-order chi connectivity index (χ0) is 12.1. The topological polar surface area (TPSA) is 55.8 Å². The van der Waals surface area contributed by atoms with Crippen molar-refractivity contribution in [2.24, 2.45) is 5.92 Å². The second-order valence-electron chi connectivity index (χ2n) is 3.96. The lowest BCUT2D eigenvalue weighted by Crippen LogP contribution is -2.43. The Labute approximate surface area is 95.0 Å². The average molecular weight is 227 g/mol. The second-order valence-corrected chi connectivity index (χ2v) is 3.96. The van der Waals surface area contributed by atoms with E-state index in [0.29, 0.717) is 6.61 Å². The van der Waals surface area contributed by atoms with E-state index >= 15 is 0 Å². The average Bonchev–Trinajstić information content (AvgIpc) is 2.60. The van der Waals surface area contributed by atoms with E-state index in [1.54, 1.807) is 6.08 Å². The molecule has 5 nitrogen and oxygen atoms in total. The smallest absolute Gasteiger partial charge is 0.417 e. The van der Waals surface area contributed by atoms with Gasteiger partial charge in [0.05, 0.1) is 12.6 Å². The van der Waals surface area contributed by atoms with Crippen molar-refractivity contribution in [2.75, 3.05) is 19.8 Å². The van der Waals surface area contributed by atoms with Crippen molar-refractivity contribution in [2.45, 2.75) is 19.9 Å². The van der Waals surface area contributed by atoms with Crippen LogP contribution in [0.4, 0.5) is 4.79 Å². The SMILES string of the molecule is C=CCOCC(=O)N1C(=O)OC[C@H]1C(C)C. The molecule has 0 aromatic carbocycles. The summed E-state index contributed by atoms with van der Waals surface area (Å²) in [5.41, 5.74) is 0. The van der Waals surface area contributed by atoms with Gasteiger partial charge in [0, 0.05) is 0 Å². The van der Waals surface area contributed by atoms with Crippen LogP contribution in [0.2, 0.25) is 0 Å². The summed E-state index contributed by atoms with van der Waals surface area (Å²) < 4.78 is 9.87. The number of amides is 2. The highest BCUT2D eigenvalue weighted by Crippen LogP contribution is 2.19. The number of rotatable bonds is 5. The highest BCUT2D eigenvalue weighted by molar-refractivity contribution is 5.94. The summed E-state index contributed by atoms with van der Waals surface area (Å²) in [5.74, 6) is -0.183. The van der Waals surface area contributed by atoms with Gasteiger partial charge in [-0.15, -0.1) is 6.58 Å². The molecule has 0 radical (unpaired) electrons. The predicted octanol–water partition coefficient (Wildman–Crippen LogP) is 1.19. The van der Waals surface area contributed by atoms with Crippen molar-refractivity contribution in [3.8, 4) is 0 Å². The monoisotopic (exact) mass is 227 g/mol. The maximum Gasteiger partial charge on any atom is 0.417 e. The van der Waals surface area contributed by atoms with Gasteiger partial charge in [-0.3, -0.25) is 4.79 Å². The van der Waals surface area contributed by atoms with Gasteiger partial charge in [-0.25, -0.2) is 9.69 Å². The van der Waals surface area contributed by atoms with E-state index in [2.05, 4.69) is 6.58 Å². The minimum atomic E-state index is -0.578. The molecule has 0 spiro atoms. The van der Waals surface area contributed by atoms with Crippen LogP contribution >= 0.6 is 0 Å². The molecule has 16 heavy (non-hydrogen) atoms. The van der Waals surface area contributed by atoms with E-state index in [0.717, 1.165) is 4.90 Å². The summed E-state index contributed by atoms with van der Waals surface area (Å²) >= 11 is 0. The molecule has 0 aromatic rings. The van der Waals surface area contributed by atoms with Gasteiger partial charge in [-0.1, -0.05) is 19.9 Å². The van der Waals surface area contributed by atoms with Gasteiger partial charge in [-0.05, 0) is 5.92 Å². The zero-order valence-electron chi connectivity index (χ0n) is 9.64. The van der Waals surface area contributed by atoms with E-state index in [-0.39, 0.29) is 31.1 Å². The maximum absolute atomic E-state index is 11.7. The molecule has 1 heterocycles. The van der Waals surface area contributed by atoms with Crippen LogP contribution in [0, 0.1) is 5.92 Å². The number of imide groups is 1. The Morgan fingerprint density at radius 3 is 3.00 bits per heavy atom. The van der Waals surface area contributed by atoms with Crippen LogP contribution in [0.5, 0.6) is 0 Å². The number of cyclic esters (lactones) is 1. The van der Waals surface area contributed by atoms with Crippen molar-refractivity contribution in [1.82, 2.24) is 4.90 Å². The molecule has 1 aliphatic heterocycles. The fourth-order valence-corrected chi connectivity index (χ4v) is 1.51. The Morgan fingerprint density at radius 2 is 2.44 bits per heavy atom. The van der Waals surface area contributed by atoms with Crippen molar-refractivity contribution in [3.05, 3.63) is 12.7 Å². The van der Waals surface area contributed by atoms with Crippen LogP contribution in [0.1, 0.15) is 13.8 Å². The molecule has 0 saturated carbocycles.